The summed E-state index contributed by atoms with van der Waals surface area (Å²) in [6.07, 6.45) is 10.3. The van der Waals surface area contributed by atoms with Crippen LogP contribution in [0.1, 0.15) is 50.5 Å². The minimum absolute atomic E-state index is 0. The maximum absolute atomic E-state index is 5.77. The van der Waals surface area contributed by atoms with Crippen LogP contribution in [0.3, 0.4) is 0 Å². The number of guanidine groups is 1. The van der Waals surface area contributed by atoms with Gasteiger partial charge in [0.15, 0.2) is 5.96 Å². The highest BCUT2D eigenvalue weighted by atomic mass is 127. The van der Waals surface area contributed by atoms with Crippen LogP contribution in [0.15, 0.2) is 35.3 Å². The van der Waals surface area contributed by atoms with Crippen LogP contribution in [0.25, 0.3) is 0 Å². The van der Waals surface area contributed by atoms with Crippen LogP contribution in [0.4, 0.5) is 0 Å². The molecule has 3 rings (SSSR count). The molecular formula is C22H36IN3O. The summed E-state index contributed by atoms with van der Waals surface area (Å²) in [6.45, 7) is 5.02. The van der Waals surface area contributed by atoms with Gasteiger partial charge in [-0.2, -0.15) is 0 Å². The Morgan fingerprint density at radius 1 is 1.11 bits per heavy atom. The number of nitrogens with one attached hydrogen (secondary N) is 1. The normalized spacial score (nSPS) is 18.7. The Morgan fingerprint density at radius 2 is 1.89 bits per heavy atom. The molecule has 2 fully saturated rings. The molecule has 1 saturated carbocycles. The molecule has 1 heterocycles. The van der Waals surface area contributed by atoms with E-state index in [9.17, 15) is 0 Å². The summed E-state index contributed by atoms with van der Waals surface area (Å²) in [7, 11) is 1.91. The van der Waals surface area contributed by atoms with Crippen LogP contribution in [0.5, 0.6) is 0 Å². The van der Waals surface area contributed by atoms with Gasteiger partial charge in [0.05, 0.1) is 6.61 Å². The Morgan fingerprint density at radius 3 is 2.63 bits per heavy atom. The van der Waals surface area contributed by atoms with Gasteiger partial charge in [0.2, 0.25) is 0 Å². The molecule has 0 amide bonds. The number of likely N-dealkylation sites (tertiary alicyclic amines) is 1. The van der Waals surface area contributed by atoms with Crippen molar-refractivity contribution in [3.05, 3.63) is 35.9 Å². The van der Waals surface area contributed by atoms with E-state index in [4.69, 9.17) is 4.74 Å². The number of aliphatic imine (C=N–C) groups is 1. The molecule has 4 nitrogen and oxygen atoms in total. The van der Waals surface area contributed by atoms with E-state index >= 15 is 0 Å². The molecule has 2 aliphatic rings. The molecule has 5 heteroatoms. The Kier molecular flexibility index (Phi) is 9.90. The van der Waals surface area contributed by atoms with Gasteiger partial charge < -0.3 is 15.0 Å². The van der Waals surface area contributed by atoms with Crippen molar-refractivity contribution in [3.8, 4) is 0 Å². The van der Waals surface area contributed by atoms with Gasteiger partial charge in [0, 0.05) is 33.3 Å². The van der Waals surface area contributed by atoms with Gasteiger partial charge in [-0.3, -0.25) is 4.99 Å². The Hall–Kier alpha value is -0.820. The SMILES string of the molecule is CN=C(NCCCCOCCc1ccccc1)N1CCC2(CCCC2)C1.I. The smallest absolute Gasteiger partial charge is 0.193 e. The number of hydrogen-bond donors (Lipinski definition) is 1. The zero-order chi connectivity index (χ0) is 18.1. The lowest BCUT2D eigenvalue weighted by molar-refractivity contribution is 0.133. The third-order valence-electron chi connectivity index (χ3n) is 5.99. The molecule has 1 spiro atoms. The third kappa shape index (κ3) is 6.93. The quantitative estimate of drug-likeness (QED) is 0.255. The number of unbranched alkanes of at least 4 members (excludes halogenated alkanes) is 1. The highest BCUT2D eigenvalue weighted by molar-refractivity contribution is 14.0. The fourth-order valence-corrected chi connectivity index (χ4v) is 4.45. The molecule has 1 saturated heterocycles. The molecule has 1 N–H and O–H groups in total. The second kappa shape index (κ2) is 11.9. The largest absolute Gasteiger partial charge is 0.381 e. The number of benzene rings is 1. The van der Waals surface area contributed by atoms with Crippen LogP contribution in [-0.4, -0.2) is 50.8 Å². The number of halogens is 1. The summed E-state index contributed by atoms with van der Waals surface area (Å²) >= 11 is 0. The van der Waals surface area contributed by atoms with E-state index in [0.717, 1.165) is 45.0 Å². The monoisotopic (exact) mass is 485 g/mol. The molecule has 1 aromatic carbocycles. The fraction of sp³-hybridized carbons (Fsp3) is 0.682. The van der Waals surface area contributed by atoms with E-state index in [1.807, 2.05) is 7.05 Å². The van der Waals surface area contributed by atoms with Crippen LogP contribution in [0.2, 0.25) is 0 Å². The van der Waals surface area contributed by atoms with Crippen molar-refractivity contribution in [2.75, 3.05) is 39.9 Å². The fourth-order valence-electron chi connectivity index (χ4n) is 4.45. The van der Waals surface area contributed by atoms with Gasteiger partial charge in [-0.1, -0.05) is 43.2 Å². The first-order chi connectivity index (χ1) is 12.8. The maximum Gasteiger partial charge on any atom is 0.193 e. The predicted octanol–water partition coefficient (Wildman–Crippen LogP) is 4.49. The zero-order valence-electron chi connectivity index (χ0n) is 16.8. The summed E-state index contributed by atoms with van der Waals surface area (Å²) in [4.78, 5) is 6.98. The molecule has 1 aromatic rings. The lowest BCUT2D eigenvalue weighted by Crippen LogP contribution is -2.41. The van der Waals surface area contributed by atoms with Crippen LogP contribution < -0.4 is 5.32 Å². The Balaban J connectivity index is 0.00000261. The van der Waals surface area contributed by atoms with Crippen molar-refractivity contribution in [1.82, 2.24) is 10.2 Å². The first-order valence-corrected chi connectivity index (χ1v) is 10.4. The molecule has 0 bridgehead atoms. The number of nitrogens with zero attached hydrogens (tertiary/aromatic N) is 2. The third-order valence-corrected chi connectivity index (χ3v) is 5.99. The molecule has 152 valence electrons. The first kappa shape index (κ1) is 22.5. The van der Waals surface area contributed by atoms with Gasteiger partial charge in [-0.25, -0.2) is 0 Å². The van der Waals surface area contributed by atoms with Crippen molar-refractivity contribution < 1.29 is 4.74 Å². The lowest BCUT2D eigenvalue weighted by Gasteiger charge is -2.25. The van der Waals surface area contributed by atoms with Gasteiger partial charge in [0.1, 0.15) is 0 Å². The van der Waals surface area contributed by atoms with Gasteiger partial charge in [0.25, 0.3) is 0 Å². The Labute approximate surface area is 182 Å². The summed E-state index contributed by atoms with van der Waals surface area (Å²) < 4.78 is 5.77. The Bertz CT molecular complexity index is 558. The number of rotatable bonds is 8. The summed E-state index contributed by atoms with van der Waals surface area (Å²) in [5, 5.41) is 3.55. The second-order valence-corrected chi connectivity index (χ2v) is 7.91. The van der Waals surface area contributed by atoms with Gasteiger partial charge in [-0.15, -0.1) is 24.0 Å². The molecule has 0 atom stereocenters. The van der Waals surface area contributed by atoms with E-state index in [-0.39, 0.29) is 24.0 Å². The van der Waals surface area contributed by atoms with Gasteiger partial charge >= 0.3 is 0 Å². The highest BCUT2D eigenvalue weighted by Crippen LogP contribution is 2.45. The number of ether oxygens (including phenoxy) is 1. The minimum Gasteiger partial charge on any atom is -0.381 e. The van der Waals surface area contributed by atoms with E-state index in [1.165, 1.54) is 50.8 Å². The van der Waals surface area contributed by atoms with Gasteiger partial charge in [-0.05, 0) is 49.5 Å². The predicted molar refractivity (Wildman–Crippen MR) is 124 cm³/mol. The summed E-state index contributed by atoms with van der Waals surface area (Å²) in [5.74, 6) is 1.10. The summed E-state index contributed by atoms with van der Waals surface area (Å²) in [5.41, 5.74) is 1.95. The zero-order valence-corrected chi connectivity index (χ0v) is 19.1. The van der Waals surface area contributed by atoms with E-state index < -0.39 is 0 Å². The molecule has 1 aliphatic heterocycles. The standard InChI is InChI=1S/C22H35N3O.HI/c1-23-21(25-16-14-22(19-25)12-5-6-13-22)24-15-7-8-17-26-18-11-20-9-3-2-4-10-20;/h2-4,9-10H,5-8,11-19H2,1H3,(H,23,24);1H. The topological polar surface area (TPSA) is 36.9 Å². The van der Waals surface area contributed by atoms with Crippen LogP contribution in [-0.2, 0) is 11.2 Å². The maximum atomic E-state index is 5.77. The molecule has 27 heavy (non-hydrogen) atoms. The van der Waals surface area contributed by atoms with Crippen molar-refractivity contribution in [3.63, 3.8) is 0 Å². The van der Waals surface area contributed by atoms with Crippen molar-refractivity contribution in [2.45, 2.75) is 51.4 Å². The molecule has 0 unspecified atom stereocenters. The van der Waals surface area contributed by atoms with Crippen molar-refractivity contribution in [2.24, 2.45) is 10.4 Å². The lowest BCUT2D eigenvalue weighted by atomic mass is 9.86. The molecular weight excluding hydrogens is 449 g/mol. The molecule has 0 radical (unpaired) electrons. The van der Waals surface area contributed by atoms with Crippen molar-refractivity contribution >= 4 is 29.9 Å². The highest BCUT2D eigenvalue weighted by Gasteiger charge is 2.40. The average Bonchev–Trinajstić information content (AvgIpc) is 3.31. The van der Waals surface area contributed by atoms with E-state index in [2.05, 4.69) is 45.5 Å². The molecule has 0 aromatic heterocycles. The van der Waals surface area contributed by atoms with Crippen LogP contribution >= 0.6 is 24.0 Å². The van der Waals surface area contributed by atoms with Crippen molar-refractivity contribution in [1.29, 1.82) is 0 Å². The van der Waals surface area contributed by atoms with E-state index in [0.29, 0.717) is 5.41 Å². The van der Waals surface area contributed by atoms with E-state index in [1.54, 1.807) is 0 Å². The minimum atomic E-state index is 0. The average molecular weight is 485 g/mol. The summed E-state index contributed by atoms with van der Waals surface area (Å²) in [6, 6.07) is 10.5. The first-order valence-electron chi connectivity index (χ1n) is 10.4. The number of hydrogen-bond acceptors (Lipinski definition) is 2. The second-order valence-electron chi connectivity index (χ2n) is 7.91. The van der Waals surface area contributed by atoms with Crippen LogP contribution in [0, 0.1) is 5.41 Å². The molecule has 1 aliphatic carbocycles.